The molecular formula is C26H18Br2Zr. The SMILES string of the molecule is [Br][Zr+2][Br].[c-]1cccc2c1Cc1ccccc1-2.[c-]1cccc2c1Cc1ccccc1-2. The number of halogens is 2. The van der Waals surface area contributed by atoms with Crippen LogP contribution < -0.4 is 0 Å². The van der Waals surface area contributed by atoms with E-state index in [2.05, 4.69) is 109 Å². The summed E-state index contributed by atoms with van der Waals surface area (Å²) in [5.41, 5.74) is 11.0. The normalized spacial score (nSPS) is 11.4. The molecule has 0 amide bonds. The van der Waals surface area contributed by atoms with Crippen LogP contribution in [-0.4, -0.2) is 0 Å². The van der Waals surface area contributed by atoms with Crippen molar-refractivity contribution >= 4 is 24.4 Å². The number of rotatable bonds is 0. The Labute approximate surface area is 195 Å². The van der Waals surface area contributed by atoms with Crippen LogP contribution in [0.15, 0.2) is 84.9 Å². The van der Waals surface area contributed by atoms with Crippen LogP contribution in [0.2, 0.25) is 0 Å². The Balaban J connectivity index is 0.000000125. The van der Waals surface area contributed by atoms with Gasteiger partial charge in [0.05, 0.1) is 0 Å². The summed E-state index contributed by atoms with van der Waals surface area (Å²) in [4.78, 5) is 0. The molecule has 0 saturated carbocycles. The molecular weight excluding hydrogens is 563 g/mol. The summed E-state index contributed by atoms with van der Waals surface area (Å²) in [5.74, 6) is 0. The van der Waals surface area contributed by atoms with Crippen LogP contribution in [0, 0.1) is 12.1 Å². The molecule has 0 heterocycles. The molecule has 29 heavy (non-hydrogen) atoms. The van der Waals surface area contributed by atoms with Crippen LogP contribution in [0.5, 0.6) is 0 Å². The van der Waals surface area contributed by atoms with Gasteiger partial charge in [0.2, 0.25) is 0 Å². The molecule has 4 aromatic carbocycles. The van der Waals surface area contributed by atoms with Crippen molar-refractivity contribution in [1.29, 1.82) is 0 Å². The molecule has 6 rings (SSSR count). The maximum absolute atomic E-state index is 3.30. The van der Waals surface area contributed by atoms with Crippen LogP contribution in [-0.2, 0) is 31.4 Å². The van der Waals surface area contributed by atoms with Crippen molar-refractivity contribution in [3.05, 3.63) is 119 Å². The molecule has 0 spiro atoms. The van der Waals surface area contributed by atoms with E-state index in [4.69, 9.17) is 0 Å². The molecule has 0 fully saturated rings. The minimum Gasteiger partial charge on any atom is -0.179 e. The summed E-state index contributed by atoms with van der Waals surface area (Å²) < 4.78 is 0. The average Bonchev–Trinajstić information content (AvgIpc) is 3.33. The molecule has 0 nitrogen and oxygen atoms in total. The first-order valence-corrected chi connectivity index (χ1v) is 20.7. The molecule has 0 atom stereocenters. The Hall–Kier alpha value is -1.28. The average molecular weight is 581 g/mol. The third-order valence-electron chi connectivity index (χ3n) is 5.23. The van der Waals surface area contributed by atoms with E-state index in [1.807, 2.05) is 12.1 Å². The Morgan fingerprint density at radius 1 is 0.552 bits per heavy atom. The summed E-state index contributed by atoms with van der Waals surface area (Å²) in [6.45, 7) is 0. The van der Waals surface area contributed by atoms with Gasteiger partial charge in [-0.25, -0.2) is 0 Å². The molecule has 3 heteroatoms. The van der Waals surface area contributed by atoms with Gasteiger partial charge < -0.3 is 0 Å². The second-order valence-corrected chi connectivity index (χ2v) is 18.2. The van der Waals surface area contributed by atoms with Crippen LogP contribution in [0.4, 0.5) is 0 Å². The Bertz CT molecular complexity index is 945. The minimum absolute atomic E-state index is 0.145. The topological polar surface area (TPSA) is 0 Å². The largest absolute Gasteiger partial charge is 0.179 e. The summed E-state index contributed by atoms with van der Waals surface area (Å²) in [6.07, 6.45) is 2.10. The van der Waals surface area contributed by atoms with Gasteiger partial charge in [-0.1, -0.05) is 70.8 Å². The number of hydrogen-bond acceptors (Lipinski definition) is 0. The van der Waals surface area contributed by atoms with Crippen molar-refractivity contribution in [2.75, 3.05) is 0 Å². The maximum atomic E-state index is 3.30. The van der Waals surface area contributed by atoms with Crippen molar-refractivity contribution in [3.63, 3.8) is 0 Å². The number of benzene rings is 4. The zero-order chi connectivity index (χ0) is 20.1. The predicted molar refractivity (Wildman–Crippen MR) is 125 cm³/mol. The summed E-state index contributed by atoms with van der Waals surface area (Å²) in [7, 11) is 0. The molecule has 0 bridgehead atoms. The summed E-state index contributed by atoms with van der Waals surface area (Å²) in [6, 6.07) is 36.2. The second kappa shape index (κ2) is 10.2. The van der Waals surface area contributed by atoms with Crippen LogP contribution >= 0.6 is 24.4 Å². The molecule has 0 unspecified atom stereocenters. The first-order chi connectivity index (χ1) is 14.3. The Kier molecular flexibility index (Phi) is 7.35. The molecule has 0 radical (unpaired) electrons. The van der Waals surface area contributed by atoms with E-state index in [-0.39, 0.29) is 18.5 Å². The molecule has 0 saturated heterocycles. The molecule has 2 aliphatic carbocycles. The third-order valence-corrected chi connectivity index (χ3v) is 5.23. The monoisotopic (exact) mass is 578 g/mol. The zero-order valence-corrected chi connectivity index (χ0v) is 21.4. The van der Waals surface area contributed by atoms with E-state index in [9.17, 15) is 0 Å². The van der Waals surface area contributed by atoms with Crippen LogP contribution in [0.25, 0.3) is 22.3 Å². The van der Waals surface area contributed by atoms with Gasteiger partial charge >= 0.3 is 43.0 Å². The predicted octanol–water partition coefficient (Wildman–Crippen LogP) is 7.80. The van der Waals surface area contributed by atoms with Crippen molar-refractivity contribution in [3.8, 4) is 22.3 Å². The zero-order valence-electron chi connectivity index (χ0n) is 15.8. The molecule has 0 N–H and O–H groups in total. The molecule has 4 aromatic rings. The molecule has 0 aromatic heterocycles. The summed E-state index contributed by atoms with van der Waals surface area (Å²) >= 11 is 6.32. The van der Waals surface area contributed by atoms with Crippen molar-refractivity contribution in [2.24, 2.45) is 0 Å². The van der Waals surface area contributed by atoms with Crippen molar-refractivity contribution < 1.29 is 18.5 Å². The van der Waals surface area contributed by atoms with Gasteiger partial charge in [0, 0.05) is 0 Å². The number of fused-ring (bicyclic) bond motifs is 6. The van der Waals surface area contributed by atoms with Gasteiger partial charge in [0.25, 0.3) is 0 Å². The van der Waals surface area contributed by atoms with Gasteiger partial charge in [-0.15, -0.1) is 11.1 Å². The van der Waals surface area contributed by atoms with E-state index in [0.717, 1.165) is 12.8 Å². The molecule has 2 aliphatic rings. The van der Waals surface area contributed by atoms with Crippen molar-refractivity contribution in [1.82, 2.24) is 0 Å². The van der Waals surface area contributed by atoms with Gasteiger partial charge in [0.1, 0.15) is 0 Å². The quantitative estimate of drug-likeness (QED) is 0.161. The maximum Gasteiger partial charge on any atom is -0.0253 e. The third kappa shape index (κ3) is 4.74. The Morgan fingerprint density at radius 2 is 0.931 bits per heavy atom. The van der Waals surface area contributed by atoms with Gasteiger partial charge in [0.15, 0.2) is 0 Å². The van der Waals surface area contributed by atoms with E-state index in [0.29, 0.717) is 0 Å². The fourth-order valence-electron chi connectivity index (χ4n) is 4.00. The van der Waals surface area contributed by atoms with E-state index in [1.54, 1.807) is 0 Å². The fourth-order valence-corrected chi connectivity index (χ4v) is 4.00. The second-order valence-electron chi connectivity index (χ2n) is 6.86. The smallest absolute Gasteiger partial charge is 0.0253 e. The fraction of sp³-hybridized carbons (Fsp3) is 0.0769. The molecule has 140 valence electrons. The van der Waals surface area contributed by atoms with E-state index in [1.165, 1.54) is 44.5 Å². The van der Waals surface area contributed by atoms with E-state index >= 15 is 0 Å². The van der Waals surface area contributed by atoms with Crippen LogP contribution in [0.3, 0.4) is 0 Å². The van der Waals surface area contributed by atoms with Crippen molar-refractivity contribution in [2.45, 2.75) is 12.8 Å². The van der Waals surface area contributed by atoms with Gasteiger partial charge in [-0.3, -0.25) is 0 Å². The first-order valence-electron chi connectivity index (χ1n) is 9.43. The minimum atomic E-state index is -0.145. The number of hydrogen-bond donors (Lipinski definition) is 0. The summed E-state index contributed by atoms with van der Waals surface area (Å²) in [5, 5.41) is 0. The Morgan fingerprint density at radius 3 is 1.38 bits per heavy atom. The standard InChI is InChI=1S/2C13H9.2BrH.Zr/c2*1-3-7-12-10(5-1)9-11-6-2-4-8-13(11)12;;;/h2*1-5,7-8H,9H2;2*1H;/q2*-1;;;+4/p-2. The van der Waals surface area contributed by atoms with Crippen LogP contribution in [0.1, 0.15) is 22.3 Å². The first kappa shape index (κ1) is 21.0. The van der Waals surface area contributed by atoms with Gasteiger partial charge in [-0.2, -0.15) is 59.7 Å². The van der Waals surface area contributed by atoms with E-state index < -0.39 is 0 Å². The molecule has 0 aliphatic heterocycles. The van der Waals surface area contributed by atoms with Gasteiger partial charge in [-0.05, 0) is 12.8 Å².